The van der Waals surface area contributed by atoms with E-state index in [0.717, 1.165) is 34.6 Å². The van der Waals surface area contributed by atoms with Crippen LogP contribution in [-0.4, -0.2) is 37.9 Å². The molecule has 3 rings (SSSR count). The van der Waals surface area contributed by atoms with E-state index in [1.807, 2.05) is 74.8 Å². The van der Waals surface area contributed by atoms with E-state index in [4.69, 9.17) is 4.74 Å². The molecule has 29 heavy (non-hydrogen) atoms. The Morgan fingerprint density at radius 2 is 1.21 bits per heavy atom. The third-order valence-electron chi connectivity index (χ3n) is 4.69. The van der Waals surface area contributed by atoms with Gasteiger partial charge in [0.2, 0.25) is 0 Å². The molecule has 0 aliphatic rings. The van der Waals surface area contributed by atoms with Gasteiger partial charge in [0.25, 0.3) is 0 Å². The third kappa shape index (κ3) is 5.43. The molecule has 0 heterocycles. The monoisotopic (exact) mass is 385 g/mol. The quantitative estimate of drug-likeness (QED) is 0.296. The van der Waals surface area contributed by atoms with Gasteiger partial charge >= 0.3 is 0 Å². The fraction of sp³-hybridized carbons (Fsp3) is 0.192. The number of hydrogen-bond donors (Lipinski definition) is 0. The summed E-state index contributed by atoms with van der Waals surface area (Å²) in [6, 6.07) is 28.2. The van der Waals surface area contributed by atoms with Gasteiger partial charge < -0.3 is 9.64 Å². The van der Waals surface area contributed by atoms with Crippen molar-refractivity contribution in [1.82, 2.24) is 4.90 Å². The molecule has 3 aromatic carbocycles. The van der Waals surface area contributed by atoms with Crippen LogP contribution in [0.2, 0.25) is 0 Å². The Hall–Kier alpha value is -3.17. The first-order valence-corrected chi connectivity index (χ1v) is 9.80. The molecule has 0 aliphatic heterocycles. The molecule has 0 N–H and O–H groups in total. The summed E-state index contributed by atoms with van der Waals surface area (Å²) in [6.07, 6.45) is 0. The number of Topliss-reactive ketones (excluding diaryl/α,β-unsaturated/α-hetero) is 1. The molecule has 0 fully saturated rings. The number of rotatable bonds is 8. The standard InChI is InChI=1S/C26H27NO2/c1-20(28)21-14-16-24(17-15-21)26(29-19-18-27(2)3)25(22-10-6-4-7-11-22)23-12-8-5-9-13-23/h4-17H,18-19H2,1-3H3. The fourth-order valence-corrected chi connectivity index (χ4v) is 3.12. The van der Waals surface area contributed by atoms with Gasteiger partial charge in [-0.25, -0.2) is 0 Å². The summed E-state index contributed by atoms with van der Waals surface area (Å²) in [5.74, 6) is 0.876. The molecule has 0 spiro atoms. The van der Waals surface area contributed by atoms with Gasteiger partial charge in [-0.1, -0.05) is 84.9 Å². The summed E-state index contributed by atoms with van der Waals surface area (Å²) in [5.41, 5.74) is 4.88. The first kappa shape index (κ1) is 20.6. The minimum atomic E-state index is 0.0574. The van der Waals surface area contributed by atoms with Crippen LogP contribution in [0, 0.1) is 0 Å². The largest absolute Gasteiger partial charge is 0.491 e. The van der Waals surface area contributed by atoms with Crippen molar-refractivity contribution >= 4 is 17.1 Å². The topological polar surface area (TPSA) is 29.5 Å². The molecule has 3 nitrogen and oxygen atoms in total. The Morgan fingerprint density at radius 1 is 0.724 bits per heavy atom. The summed E-state index contributed by atoms with van der Waals surface area (Å²) in [7, 11) is 4.06. The molecule has 148 valence electrons. The molecule has 0 radical (unpaired) electrons. The molecule has 0 saturated carbocycles. The minimum Gasteiger partial charge on any atom is -0.491 e. The zero-order valence-corrected chi connectivity index (χ0v) is 17.3. The maximum atomic E-state index is 11.7. The van der Waals surface area contributed by atoms with Crippen molar-refractivity contribution in [1.29, 1.82) is 0 Å². The number of carbonyl (C=O) groups is 1. The van der Waals surface area contributed by atoms with Crippen LogP contribution in [0.15, 0.2) is 84.9 Å². The molecular formula is C26H27NO2. The number of carbonyl (C=O) groups excluding carboxylic acids is 1. The van der Waals surface area contributed by atoms with Crippen molar-refractivity contribution in [2.24, 2.45) is 0 Å². The zero-order valence-electron chi connectivity index (χ0n) is 17.3. The van der Waals surface area contributed by atoms with Crippen LogP contribution in [0.4, 0.5) is 0 Å². The van der Waals surface area contributed by atoms with Crippen LogP contribution in [0.1, 0.15) is 34.0 Å². The van der Waals surface area contributed by atoms with Gasteiger partial charge in [-0.2, -0.15) is 0 Å². The Bertz CT molecular complexity index is 917. The van der Waals surface area contributed by atoms with Gasteiger partial charge in [-0.15, -0.1) is 0 Å². The van der Waals surface area contributed by atoms with Crippen molar-refractivity contribution in [3.63, 3.8) is 0 Å². The Kier molecular flexibility index (Phi) is 6.99. The first-order valence-electron chi connectivity index (χ1n) is 9.80. The van der Waals surface area contributed by atoms with E-state index < -0.39 is 0 Å². The van der Waals surface area contributed by atoms with E-state index in [1.165, 1.54) is 0 Å². The molecule has 3 aromatic rings. The molecule has 0 unspecified atom stereocenters. The van der Waals surface area contributed by atoms with Gasteiger partial charge in [0.1, 0.15) is 12.4 Å². The number of benzene rings is 3. The summed E-state index contributed by atoms with van der Waals surface area (Å²) in [5, 5.41) is 0. The number of ketones is 1. The summed E-state index contributed by atoms with van der Waals surface area (Å²) in [4.78, 5) is 13.8. The summed E-state index contributed by atoms with van der Waals surface area (Å²) in [6.45, 7) is 2.96. The van der Waals surface area contributed by atoms with Crippen LogP contribution in [0.5, 0.6) is 0 Å². The van der Waals surface area contributed by atoms with Crippen LogP contribution in [0.25, 0.3) is 11.3 Å². The van der Waals surface area contributed by atoms with Crippen LogP contribution in [0.3, 0.4) is 0 Å². The van der Waals surface area contributed by atoms with Crippen molar-refractivity contribution in [2.45, 2.75) is 6.92 Å². The molecule has 0 aromatic heterocycles. The lowest BCUT2D eigenvalue weighted by molar-refractivity contribution is 0.101. The normalized spacial score (nSPS) is 10.6. The average Bonchev–Trinajstić information content (AvgIpc) is 2.74. The van der Waals surface area contributed by atoms with Gasteiger partial charge in [-0.3, -0.25) is 4.79 Å². The summed E-state index contributed by atoms with van der Waals surface area (Å²) >= 11 is 0. The van der Waals surface area contributed by atoms with Crippen LogP contribution >= 0.6 is 0 Å². The molecule has 0 saturated heterocycles. The second kappa shape index (κ2) is 9.85. The highest BCUT2D eigenvalue weighted by Crippen LogP contribution is 2.33. The Balaban J connectivity index is 2.17. The lowest BCUT2D eigenvalue weighted by Gasteiger charge is -2.19. The maximum absolute atomic E-state index is 11.7. The summed E-state index contributed by atoms with van der Waals surface area (Å²) < 4.78 is 6.36. The highest BCUT2D eigenvalue weighted by atomic mass is 16.5. The predicted molar refractivity (Wildman–Crippen MR) is 120 cm³/mol. The molecule has 0 bridgehead atoms. The van der Waals surface area contributed by atoms with Crippen LogP contribution in [-0.2, 0) is 4.74 Å². The van der Waals surface area contributed by atoms with Crippen molar-refractivity contribution in [2.75, 3.05) is 27.2 Å². The lowest BCUT2D eigenvalue weighted by Crippen LogP contribution is -2.18. The van der Waals surface area contributed by atoms with E-state index in [9.17, 15) is 4.79 Å². The van der Waals surface area contributed by atoms with Crippen LogP contribution < -0.4 is 0 Å². The first-order chi connectivity index (χ1) is 14.1. The molecule has 0 amide bonds. The smallest absolute Gasteiger partial charge is 0.159 e. The molecule has 0 aliphatic carbocycles. The maximum Gasteiger partial charge on any atom is 0.159 e. The minimum absolute atomic E-state index is 0.0574. The fourth-order valence-electron chi connectivity index (χ4n) is 3.12. The predicted octanol–water partition coefficient (Wildman–Crippen LogP) is 5.38. The lowest BCUT2D eigenvalue weighted by atomic mass is 9.94. The second-order valence-electron chi connectivity index (χ2n) is 7.22. The van der Waals surface area contributed by atoms with Crippen molar-refractivity contribution in [3.05, 3.63) is 107 Å². The average molecular weight is 386 g/mol. The Morgan fingerprint density at radius 3 is 1.66 bits per heavy atom. The number of likely N-dealkylation sites (N-methyl/N-ethyl adjacent to an activating group) is 1. The third-order valence-corrected chi connectivity index (χ3v) is 4.69. The zero-order chi connectivity index (χ0) is 20.6. The highest BCUT2D eigenvalue weighted by Gasteiger charge is 2.16. The van der Waals surface area contributed by atoms with Gasteiger partial charge in [0.15, 0.2) is 5.78 Å². The van der Waals surface area contributed by atoms with E-state index in [1.54, 1.807) is 6.92 Å². The second-order valence-corrected chi connectivity index (χ2v) is 7.22. The van der Waals surface area contributed by atoms with Crippen molar-refractivity contribution < 1.29 is 9.53 Å². The van der Waals surface area contributed by atoms with Gasteiger partial charge in [-0.05, 0) is 32.1 Å². The number of nitrogens with zero attached hydrogens (tertiary/aromatic N) is 1. The highest BCUT2D eigenvalue weighted by molar-refractivity contribution is 5.97. The molecule has 3 heteroatoms. The van der Waals surface area contributed by atoms with Gasteiger partial charge in [0.05, 0.1) is 0 Å². The van der Waals surface area contributed by atoms with E-state index >= 15 is 0 Å². The van der Waals surface area contributed by atoms with Crippen molar-refractivity contribution in [3.8, 4) is 0 Å². The van der Waals surface area contributed by atoms with E-state index in [0.29, 0.717) is 12.2 Å². The van der Waals surface area contributed by atoms with E-state index in [2.05, 4.69) is 29.2 Å². The van der Waals surface area contributed by atoms with E-state index in [-0.39, 0.29) is 5.78 Å². The molecular weight excluding hydrogens is 358 g/mol. The van der Waals surface area contributed by atoms with Gasteiger partial charge in [0, 0.05) is 23.2 Å². The number of hydrogen-bond acceptors (Lipinski definition) is 3. The molecule has 0 atom stereocenters. The Labute approximate surface area is 173 Å². The number of ether oxygens (including phenoxy) is 1. The SMILES string of the molecule is CC(=O)c1ccc(C(OCCN(C)C)=C(c2ccccc2)c2ccccc2)cc1.